The maximum Gasteiger partial charge on any atom is 0.337 e. The number of esters is 1. The number of methoxy groups -OCH3 is 1. The average molecular weight is 535 g/mol. The third kappa shape index (κ3) is 6.24. The van der Waals surface area contributed by atoms with E-state index in [9.17, 15) is 18.0 Å². The first-order chi connectivity index (χ1) is 16.9. The molecule has 13 heteroatoms. The number of ether oxygens (including phenoxy) is 2. The molecule has 0 saturated carbocycles. The van der Waals surface area contributed by atoms with Crippen molar-refractivity contribution in [1.29, 1.82) is 0 Å². The van der Waals surface area contributed by atoms with Crippen LogP contribution < -0.4 is 5.32 Å². The number of hydrogen-bond acceptors (Lipinski definition) is 10. The average Bonchev–Trinajstić information content (AvgIpc) is 3.35. The Morgan fingerprint density at radius 3 is 2.37 bits per heavy atom. The Morgan fingerprint density at radius 2 is 1.71 bits per heavy atom. The van der Waals surface area contributed by atoms with Gasteiger partial charge in [-0.2, -0.15) is 4.31 Å². The lowest BCUT2D eigenvalue weighted by molar-refractivity contribution is 0.0600. The summed E-state index contributed by atoms with van der Waals surface area (Å²) in [6.07, 6.45) is 0. The van der Waals surface area contributed by atoms with Gasteiger partial charge in [-0.15, -0.1) is 10.2 Å². The van der Waals surface area contributed by atoms with Gasteiger partial charge in [0, 0.05) is 24.4 Å². The molecule has 2 heterocycles. The minimum atomic E-state index is -3.62. The summed E-state index contributed by atoms with van der Waals surface area (Å²) < 4.78 is 37.4. The van der Waals surface area contributed by atoms with Crippen molar-refractivity contribution in [2.24, 2.45) is 0 Å². The van der Waals surface area contributed by atoms with Crippen LogP contribution in [0, 0.1) is 0 Å². The molecular weight excluding hydrogens is 512 g/mol. The van der Waals surface area contributed by atoms with Gasteiger partial charge < -0.3 is 9.47 Å². The lowest BCUT2D eigenvalue weighted by Gasteiger charge is -2.26. The van der Waals surface area contributed by atoms with Crippen LogP contribution in [0.5, 0.6) is 0 Å². The van der Waals surface area contributed by atoms with Crippen LogP contribution in [0.2, 0.25) is 0 Å². The summed E-state index contributed by atoms with van der Waals surface area (Å²) in [6, 6.07) is 12.9. The highest BCUT2D eigenvalue weighted by Gasteiger charge is 2.26. The molecular formula is C22H22N4O6S3. The van der Waals surface area contributed by atoms with Crippen LogP contribution in [0.4, 0.5) is 5.13 Å². The van der Waals surface area contributed by atoms with Crippen LogP contribution in [0.3, 0.4) is 0 Å². The summed E-state index contributed by atoms with van der Waals surface area (Å²) in [6.45, 7) is 1.34. The molecule has 0 radical (unpaired) electrons. The Hall–Kier alpha value is -2.84. The zero-order chi connectivity index (χ0) is 24.8. The quantitative estimate of drug-likeness (QED) is 0.264. The Balaban J connectivity index is 1.32. The number of amides is 1. The summed E-state index contributed by atoms with van der Waals surface area (Å²) in [5, 5.41) is 11.1. The van der Waals surface area contributed by atoms with Gasteiger partial charge in [0.1, 0.15) is 0 Å². The van der Waals surface area contributed by atoms with Crippen molar-refractivity contribution < 1.29 is 27.5 Å². The summed E-state index contributed by atoms with van der Waals surface area (Å²) in [5.41, 5.74) is 1.78. The van der Waals surface area contributed by atoms with E-state index in [-0.39, 0.29) is 10.9 Å². The second-order valence-corrected chi connectivity index (χ2v) is 11.5. The Bertz CT molecular complexity index is 1290. The molecule has 10 nitrogen and oxygen atoms in total. The Kier molecular flexibility index (Phi) is 8.13. The number of hydrogen-bond donors (Lipinski definition) is 1. The second-order valence-electron chi connectivity index (χ2n) is 7.35. The smallest absolute Gasteiger partial charge is 0.337 e. The number of carbonyl (C=O) groups excluding carboxylic acids is 2. The van der Waals surface area contributed by atoms with Crippen LogP contribution in [-0.4, -0.2) is 68.2 Å². The van der Waals surface area contributed by atoms with Crippen molar-refractivity contribution in [2.75, 3.05) is 38.7 Å². The third-order valence-electron chi connectivity index (χ3n) is 5.09. The highest BCUT2D eigenvalue weighted by molar-refractivity contribution is 8.00. The molecule has 1 aliphatic rings. The molecule has 1 aliphatic heterocycles. The van der Waals surface area contributed by atoms with E-state index in [1.54, 1.807) is 12.1 Å². The van der Waals surface area contributed by atoms with E-state index in [0.29, 0.717) is 52.7 Å². The molecule has 1 N–H and O–H groups in total. The fourth-order valence-electron chi connectivity index (χ4n) is 3.20. The molecule has 1 aromatic heterocycles. The van der Waals surface area contributed by atoms with E-state index in [0.717, 1.165) is 5.56 Å². The summed E-state index contributed by atoms with van der Waals surface area (Å²) in [7, 11) is -2.28. The number of benzene rings is 2. The molecule has 3 aromatic rings. The molecule has 1 fully saturated rings. The van der Waals surface area contributed by atoms with Gasteiger partial charge >= 0.3 is 5.97 Å². The Morgan fingerprint density at radius 1 is 1.06 bits per heavy atom. The minimum Gasteiger partial charge on any atom is -0.465 e. The van der Waals surface area contributed by atoms with Gasteiger partial charge in [-0.3, -0.25) is 10.1 Å². The largest absolute Gasteiger partial charge is 0.465 e. The summed E-state index contributed by atoms with van der Waals surface area (Å²) >= 11 is 2.69. The number of nitrogens with one attached hydrogen (secondary N) is 1. The van der Waals surface area contributed by atoms with Crippen molar-refractivity contribution in [3.8, 4) is 0 Å². The monoisotopic (exact) mass is 534 g/mol. The topological polar surface area (TPSA) is 128 Å². The zero-order valence-electron chi connectivity index (χ0n) is 18.7. The number of thioether (sulfide) groups is 1. The summed E-state index contributed by atoms with van der Waals surface area (Å²) in [5.74, 6) is -0.183. The molecule has 35 heavy (non-hydrogen) atoms. The first-order valence-corrected chi connectivity index (χ1v) is 13.7. The lowest BCUT2D eigenvalue weighted by atomic mass is 10.1. The van der Waals surface area contributed by atoms with Crippen LogP contribution in [0.25, 0.3) is 0 Å². The standard InChI is InChI=1S/C22H22N4O6S3/c1-31-20(28)17-4-2-15(3-5-17)14-33-22-25-24-21(34-22)23-19(27)16-6-8-18(9-7-16)35(29,30)26-10-12-32-13-11-26/h2-9H,10-14H2,1H3,(H,23,24,27). The molecule has 1 amide bonds. The fourth-order valence-corrected chi connectivity index (χ4v) is 6.31. The molecule has 1 saturated heterocycles. The molecule has 4 rings (SSSR count). The number of morpholine rings is 1. The first kappa shape index (κ1) is 25.3. The molecule has 2 aromatic carbocycles. The van der Waals surface area contributed by atoms with E-state index in [2.05, 4.69) is 20.3 Å². The van der Waals surface area contributed by atoms with Crippen molar-refractivity contribution in [1.82, 2.24) is 14.5 Å². The van der Waals surface area contributed by atoms with Gasteiger partial charge in [0.2, 0.25) is 15.2 Å². The van der Waals surface area contributed by atoms with E-state index in [4.69, 9.17) is 4.74 Å². The highest BCUT2D eigenvalue weighted by atomic mass is 32.2. The van der Waals surface area contributed by atoms with E-state index in [1.165, 1.54) is 58.8 Å². The molecule has 0 unspecified atom stereocenters. The number of nitrogens with zero attached hydrogens (tertiary/aromatic N) is 3. The fraction of sp³-hybridized carbons (Fsp3) is 0.273. The van der Waals surface area contributed by atoms with E-state index < -0.39 is 15.9 Å². The van der Waals surface area contributed by atoms with Gasteiger partial charge in [-0.25, -0.2) is 13.2 Å². The van der Waals surface area contributed by atoms with Crippen LogP contribution in [0.1, 0.15) is 26.3 Å². The predicted molar refractivity (Wildman–Crippen MR) is 131 cm³/mol. The van der Waals surface area contributed by atoms with Crippen molar-refractivity contribution in [3.63, 3.8) is 0 Å². The second kappa shape index (κ2) is 11.3. The zero-order valence-corrected chi connectivity index (χ0v) is 21.1. The summed E-state index contributed by atoms with van der Waals surface area (Å²) in [4.78, 5) is 24.2. The maximum absolute atomic E-state index is 12.7. The normalized spacial score (nSPS) is 14.4. The third-order valence-corrected chi connectivity index (χ3v) is 9.04. The minimum absolute atomic E-state index is 0.130. The van der Waals surface area contributed by atoms with E-state index >= 15 is 0 Å². The van der Waals surface area contributed by atoms with Gasteiger partial charge in [-0.1, -0.05) is 35.2 Å². The van der Waals surface area contributed by atoms with Crippen molar-refractivity contribution in [2.45, 2.75) is 15.0 Å². The van der Waals surface area contributed by atoms with Gasteiger partial charge in [0.05, 0.1) is 30.8 Å². The van der Waals surface area contributed by atoms with Crippen molar-refractivity contribution in [3.05, 3.63) is 65.2 Å². The van der Waals surface area contributed by atoms with Gasteiger partial charge in [0.25, 0.3) is 5.91 Å². The number of rotatable bonds is 8. The number of aromatic nitrogens is 2. The van der Waals surface area contributed by atoms with Gasteiger partial charge in [0.15, 0.2) is 4.34 Å². The number of carbonyl (C=O) groups is 2. The molecule has 0 atom stereocenters. The van der Waals surface area contributed by atoms with Crippen molar-refractivity contribution >= 4 is 50.1 Å². The molecule has 0 spiro atoms. The van der Waals surface area contributed by atoms with Crippen LogP contribution in [0.15, 0.2) is 57.8 Å². The Labute approximate surface area is 210 Å². The molecule has 0 bridgehead atoms. The lowest BCUT2D eigenvalue weighted by Crippen LogP contribution is -2.40. The SMILES string of the molecule is COC(=O)c1ccc(CSc2nnc(NC(=O)c3ccc(S(=O)(=O)N4CCOCC4)cc3)s2)cc1. The maximum atomic E-state index is 12.7. The van der Waals surface area contributed by atoms with E-state index in [1.807, 2.05) is 12.1 Å². The first-order valence-electron chi connectivity index (χ1n) is 10.5. The molecule has 184 valence electrons. The van der Waals surface area contributed by atoms with Crippen LogP contribution in [-0.2, 0) is 25.2 Å². The van der Waals surface area contributed by atoms with Gasteiger partial charge in [-0.05, 0) is 42.0 Å². The number of sulfonamides is 1. The predicted octanol–water partition coefficient (Wildman–Crippen LogP) is 2.89. The molecule has 0 aliphatic carbocycles. The highest BCUT2D eigenvalue weighted by Crippen LogP contribution is 2.29. The number of anilines is 1. The van der Waals surface area contributed by atoms with Crippen LogP contribution >= 0.6 is 23.1 Å².